The van der Waals surface area contributed by atoms with E-state index in [2.05, 4.69) is 10.6 Å². The number of benzene rings is 3. The summed E-state index contributed by atoms with van der Waals surface area (Å²) < 4.78 is 0. The number of hydrogen-bond donors (Lipinski definition) is 4. The Balaban J connectivity index is 1.37. The zero-order valence-electron chi connectivity index (χ0n) is 15.8. The first-order valence-corrected chi connectivity index (χ1v) is 9.38. The van der Waals surface area contributed by atoms with Gasteiger partial charge in [0.15, 0.2) is 5.75 Å². The average molecular weight is 389 g/mol. The van der Waals surface area contributed by atoms with Crippen molar-refractivity contribution in [3.63, 3.8) is 0 Å². The molecule has 4 rings (SSSR count). The van der Waals surface area contributed by atoms with Gasteiger partial charge in [-0.2, -0.15) is 5.06 Å². The van der Waals surface area contributed by atoms with Crippen LogP contribution < -0.4 is 32.0 Å². The van der Waals surface area contributed by atoms with Gasteiger partial charge in [0.2, 0.25) is 0 Å². The van der Waals surface area contributed by atoms with Crippen LogP contribution in [0.15, 0.2) is 72.8 Å². The van der Waals surface area contributed by atoms with Crippen molar-refractivity contribution in [2.45, 2.75) is 19.3 Å². The van der Waals surface area contributed by atoms with E-state index >= 15 is 0 Å². The average Bonchev–Trinajstić information content (AvgIpc) is 3.10. The maximum atomic E-state index is 12.2. The van der Waals surface area contributed by atoms with Crippen LogP contribution >= 0.6 is 0 Å². The largest absolute Gasteiger partial charge is 0.377 e. The number of rotatable bonds is 5. The number of hydroxylamine groups is 1. The molecule has 2 amide bonds. The monoisotopic (exact) mass is 389 g/mol. The van der Waals surface area contributed by atoms with Gasteiger partial charge in [-0.25, -0.2) is 4.79 Å². The summed E-state index contributed by atoms with van der Waals surface area (Å²) in [7, 11) is 0. The number of amides is 2. The number of carbonyl (C=O) groups is 1. The number of urea groups is 1. The lowest BCUT2D eigenvalue weighted by Gasteiger charge is -2.22. The molecule has 1 aliphatic heterocycles. The van der Waals surface area contributed by atoms with E-state index in [0.717, 1.165) is 28.1 Å². The fraction of sp³-hybridized carbons (Fsp3) is 0.136. The molecule has 29 heavy (non-hydrogen) atoms. The maximum absolute atomic E-state index is 12.2. The summed E-state index contributed by atoms with van der Waals surface area (Å²) in [5, 5.41) is 7.34. The van der Waals surface area contributed by atoms with E-state index in [1.54, 1.807) is 5.06 Å². The predicted octanol–water partition coefficient (Wildman–Crippen LogP) is 3.24. The zero-order valence-corrected chi connectivity index (χ0v) is 15.8. The van der Waals surface area contributed by atoms with Crippen LogP contribution in [0.4, 0.5) is 16.2 Å². The fourth-order valence-corrected chi connectivity index (χ4v) is 3.20. The summed E-state index contributed by atoms with van der Waals surface area (Å²) in [4.78, 5) is 18.1. The van der Waals surface area contributed by atoms with Crippen LogP contribution in [0.25, 0.3) is 0 Å². The van der Waals surface area contributed by atoms with E-state index < -0.39 is 0 Å². The van der Waals surface area contributed by atoms with Crippen molar-refractivity contribution in [3.8, 4) is 5.75 Å². The number of hydrogen-bond acceptors (Lipinski definition) is 5. The van der Waals surface area contributed by atoms with Gasteiger partial charge in [-0.05, 0) is 41.5 Å². The Morgan fingerprint density at radius 3 is 2.55 bits per heavy atom. The molecular weight excluding hydrogens is 366 g/mol. The van der Waals surface area contributed by atoms with Crippen molar-refractivity contribution in [2.75, 3.05) is 10.4 Å². The highest BCUT2D eigenvalue weighted by Gasteiger charge is 2.29. The molecule has 0 saturated heterocycles. The molecule has 1 atom stereocenters. The molecule has 0 radical (unpaired) electrons. The maximum Gasteiger partial charge on any atom is 0.319 e. The number of nitrogens with zero attached hydrogens (tertiary/aromatic N) is 1. The highest BCUT2D eigenvalue weighted by atomic mass is 16.7. The molecule has 1 aliphatic rings. The standard InChI is InChI=1S/C22H23N5O2/c23-13-15-8-10-17(11-9-15)26-22(28)25-14-16-4-3-5-18(12-16)27-21(24)19-6-1-2-7-20(19)29-27/h1-12,21H,13-14,23-24H2,(H2,25,26,28). The summed E-state index contributed by atoms with van der Waals surface area (Å²) in [6.45, 7) is 0.842. The Labute approximate surface area is 169 Å². The molecule has 1 unspecified atom stereocenters. The van der Waals surface area contributed by atoms with Crippen molar-refractivity contribution in [2.24, 2.45) is 11.5 Å². The van der Waals surface area contributed by atoms with Crippen molar-refractivity contribution in [1.29, 1.82) is 0 Å². The van der Waals surface area contributed by atoms with Crippen molar-refractivity contribution in [1.82, 2.24) is 5.32 Å². The molecule has 0 spiro atoms. The zero-order chi connectivity index (χ0) is 20.2. The van der Waals surface area contributed by atoms with Gasteiger partial charge < -0.3 is 26.9 Å². The normalized spacial score (nSPS) is 14.8. The number of anilines is 2. The third-order valence-corrected chi connectivity index (χ3v) is 4.75. The van der Waals surface area contributed by atoms with Gasteiger partial charge in [-0.1, -0.05) is 42.5 Å². The number of carbonyl (C=O) groups excluding carboxylic acids is 1. The number of para-hydroxylation sites is 1. The second kappa shape index (κ2) is 8.22. The second-order valence-electron chi connectivity index (χ2n) is 6.78. The van der Waals surface area contributed by atoms with E-state index in [1.165, 1.54) is 0 Å². The Bertz CT molecular complexity index is 1010. The molecule has 148 valence electrons. The lowest BCUT2D eigenvalue weighted by Crippen LogP contribution is -2.32. The van der Waals surface area contributed by atoms with Crippen LogP contribution in [-0.2, 0) is 13.1 Å². The van der Waals surface area contributed by atoms with Crippen molar-refractivity contribution in [3.05, 3.63) is 89.5 Å². The quantitative estimate of drug-likeness (QED) is 0.536. The molecule has 3 aromatic rings. The van der Waals surface area contributed by atoms with Gasteiger partial charge in [0.05, 0.1) is 5.69 Å². The highest BCUT2D eigenvalue weighted by Crippen LogP contribution is 2.37. The second-order valence-corrected chi connectivity index (χ2v) is 6.78. The van der Waals surface area contributed by atoms with Crippen LogP contribution in [0.5, 0.6) is 5.75 Å². The fourth-order valence-electron chi connectivity index (χ4n) is 3.20. The molecule has 7 nitrogen and oxygen atoms in total. The highest BCUT2D eigenvalue weighted by molar-refractivity contribution is 5.89. The van der Waals surface area contributed by atoms with Crippen molar-refractivity contribution < 1.29 is 9.63 Å². The predicted molar refractivity (Wildman–Crippen MR) is 113 cm³/mol. The molecule has 6 N–H and O–H groups in total. The molecule has 0 bridgehead atoms. The Kier molecular flexibility index (Phi) is 5.33. The lowest BCUT2D eigenvalue weighted by molar-refractivity contribution is 0.251. The molecule has 0 saturated carbocycles. The van der Waals surface area contributed by atoms with Gasteiger partial charge >= 0.3 is 6.03 Å². The summed E-state index contributed by atoms with van der Waals surface area (Å²) in [6, 6.07) is 22.6. The first kappa shape index (κ1) is 18.8. The van der Waals surface area contributed by atoms with E-state index in [0.29, 0.717) is 18.8 Å². The third kappa shape index (κ3) is 4.16. The molecular formula is C22H23N5O2. The van der Waals surface area contributed by atoms with Crippen molar-refractivity contribution >= 4 is 17.4 Å². The smallest absolute Gasteiger partial charge is 0.319 e. The first-order valence-electron chi connectivity index (χ1n) is 9.38. The van der Waals surface area contributed by atoms with E-state index in [9.17, 15) is 4.79 Å². The van der Waals surface area contributed by atoms with Crippen LogP contribution in [0.3, 0.4) is 0 Å². The third-order valence-electron chi connectivity index (χ3n) is 4.75. The minimum absolute atomic E-state index is 0.280. The molecule has 1 heterocycles. The van der Waals surface area contributed by atoms with Crippen LogP contribution in [0, 0.1) is 0 Å². The van der Waals surface area contributed by atoms with Gasteiger partial charge in [-0.3, -0.25) is 0 Å². The van der Waals surface area contributed by atoms with E-state index in [-0.39, 0.29) is 12.2 Å². The lowest BCUT2D eigenvalue weighted by atomic mass is 10.1. The van der Waals surface area contributed by atoms with E-state index in [1.807, 2.05) is 72.8 Å². The number of nitrogens with two attached hydrogens (primary N) is 2. The minimum atomic E-state index is -0.380. The van der Waals surface area contributed by atoms with Crippen LogP contribution in [0.1, 0.15) is 22.9 Å². The summed E-state index contributed by atoms with van der Waals surface area (Å²) in [6.07, 6.45) is -0.380. The first-order chi connectivity index (χ1) is 14.1. The summed E-state index contributed by atoms with van der Waals surface area (Å²) >= 11 is 0. The Morgan fingerprint density at radius 2 is 1.79 bits per heavy atom. The summed E-state index contributed by atoms with van der Waals surface area (Å²) in [5.74, 6) is 0.753. The van der Waals surface area contributed by atoms with Crippen LogP contribution in [0.2, 0.25) is 0 Å². The topological polar surface area (TPSA) is 106 Å². The molecule has 0 fully saturated rings. The summed E-state index contributed by atoms with van der Waals surface area (Å²) in [5.41, 5.74) is 16.3. The Hall–Kier alpha value is -3.55. The molecule has 0 aliphatic carbocycles. The van der Waals surface area contributed by atoms with Gasteiger partial charge in [-0.15, -0.1) is 0 Å². The van der Waals surface area contributed by atoms with E-state index in [4.69, 9.17) is 16.3 Å². The minimum Gasteiger partial charge on any atom is -0.377 e. The SMILES string of the molecule is NCc1ccc(NC(=O)NCc2cccc(N3Oc4ccccc4C3N)c2)cc1. The number of fused-ring (bicyclic) bond motifs is 1. The van der Waals surface area contributed by atoms with Gasteiger partial charge in [0.1, 0.15) is 6.17 Å². The molecule has 3 aromatic carbocycles. The van der Waals surface area contributed by atoms with Crippen LogP contribution in [-0.4, -0.2) is 6.03 Å². The number of nitrogens with one attached hydrogen (secondary N) is 2. The molecule has 0 aromatic heterocycles. The molecule has 7 heteroatoms. The van der Waals surface area contributed by atoms with Gasteiger partial charge in [0.25, 0.3) is 0 Å². The van der Waals surface area contributed by atoms with Gasteiger partial charge in [0, 0.05) is 24.3 Å². The Morgan fingerprint density at radius 1 is 1.00 bits per heavy atom.